The monoisotopic (exact) mass is 259 g/mol. The molecule has 1 aromatic carbocycles. The maximum absolute atomic E-state index is 4.57. The normalized spacial score (nSPS) is 17.9. The predicted octanol–water partition coefficient (Wildman–Crippen LogP) is 2.32. The average molecular weight is 259 g/mol. The first-order valence-electron chi connectivity index (χ1n) is 6.26. The second-order valence-electron chi connectivity index (χ2n) is 4.61. The van der Waals surface area contributed by atoms with Gasteiger partial charge in [-0.2, -0.15) is 5.10 Å². The van der Waals surface area contributed by atoms with Crippen molar-refractivity contribution in [2.75, 3.05) is 7.05 Å². The van der Waals surface area contributed by atoms with Gasteiger partial charge < -0.3 is 5.32 Å². The van der Waals surface area contributed by atoms with E-state index in [2.05, 4.69) is 51.6 Å². The Labute approximate surface area is 112 Å². The van der Waals surface area contributed by atoms with Crippen molar-refractivity contribution in [1.29, 1.82) is 0 Å². The van der Waals surface area contributed by atoms with E-state index >= 15 is 0 Å². The molecule has 0 fully saturated rings. The summed E-state index contributed by atoms with van der Waals surface area (Å²) < 4.78 is 2.07. The van der Waals surface area contributed by atoms with Crippen LogP contribution < -0.4 is 5.32 Å². The molecule has 0 bridgehead atoms. The SMILES string of the molecule is CNCc1ccn(CC2Cc3ccccc3S2)n1. The lowest BCUT2D eigenvalue weighted by Gasteiger charge is -2.08. The van der Waals surface area contributed by atoms with Crippen molar-refractivity contribution in [3.8, 4) is 0 Å². The van der Waals surface area contributed by atoms with Crippen molar-refractivity contribution in [3.63, 3.8) is 0 Å². The maximum atomic E-state index is 4.57. The summed E-state index contributed by atoms with van der Waals surface area (Å²) in [5, 5.41) is 8.31. The molecule has 0 saturated heterocycles. The van der Waals surface area contributed by atoms with Gasteiger partial charge in [0.05, 0.1) is 12.2 Å². The van der Waals surface area contributed by atoms with Crippen LogP contribution in [0, 0.1) is 0 Å². The molecular formula is C14H17N3S. The van der Waals surface area contributed by atoms with Crippen LogP contribution in [0.1, 0.15) is 11.3 Å². The summed E-state index contributed by atoms with van der Waals surface area (Å²) in [4.78, 5) is 1.44. The molecule has 0 spiro atoms. The Morgan fingerprint density at radius 1 is 1.39 bits per heavy atom. The van der Waals surface area contributed by atoms with E-state index in [1.54, 1.807) is 0 Å². The first kappa shape index (κ1) is 11.8. The molecule has 1 unspecified atom stereocenters. The Morgan fingerprint density at radius 2 is 2.28 bits per heavy atom. The third-order valence-corrected chi connectivity index (χ3v) is 4.46. The number of nitrogens with zero attached hydrogens (tertiary/aromatic N) is 2. The van der Waals surface area contributed by atoms with Crippen LogP contribution in [0.5, 0.6) is 0 Å². The molecule has 2 aromatic rings. The molecule has 0 radical (unpaired) electrons. The average Bonchev–Trinajstić information content (AvgIpc) is 2.96. The summed E-state index contributed by atoms with van der Waals surface area (Å²) in [7, 11) is 1.95. The van der Waals surface area contributed by atoms with E-state index in [1.165, 1.54) is 10.5 Å². The van der Waals surface area contributed by atoms with Crippen molar-refractivity contribution in [2.24, 2.45) is 0 Å². The molecule has 0 aliphatic carbocycles. The van der Waals surface area contributed by atoms with Gasteiger partial charge in [-0.05, 0) is 31.2 Å². The largest absolute Gasteiger partial charge is 0.314 e. The van der Waals surface area contributed by atoms with Gasteiger partial charge >= 0.3 is 0 Å². The van der Waals surface area contributed by atoms with Gasteiger partial charge in [0.1, 0.15) is 0 Å². The minimum Gasteiger partial charge on any atom is -0.314 e. The molecular weight excluding hydrogens is 242 g/mol. The molecule has 3 nitrogen and oxygen atoms in total. The highest BCUT2D eigenvalue weighted by molar-refractivity contribution is 8.00. The molecule has 94 valence electrons. The molecule has 1 N–H and O–H groups in total. The summed E-state index contributed by atoms with van der Waals surface area (Å²) in [5.74, 6) is 0. The van der Waals surface area contributed by atoms with E-state index in [-0.39, 0.29) is 0 Å². The van der Waals surface area contributed by atoms with Crippen molar-refractivity contribution in [3.05, 3.63) is 47.8 Å². The fraction of sp³-hybridized carbons (Fsp3) is 0.357. The lowest BCUT2D eigenvalue weighted by Crippen LogP contribution is -2.13. The number of rotatable bonds is 4. The zero-order valence-electron chi connectivity index (χ0n) is 10.5. The second-order valence-corrected chi connectivity index (χ2v) is 5.95. The Bertz CT molecular complexity index is 510. The van der Waals surface area contributed by atoms with Gasteiger partial charge in [0.25, 0.3) is 0 Å². The lowest BCUT2D eigenvalue weighted by molar-refractivity contribution is 0.583. The van der Waals surface area contributed by atoms with E-state index in [9.17, 15) is 0 Å². The van der Waals surface area contributed by atoms with Crippen LogP contribution in [0.4, 0.5) is 0 Å². The van der Waals surface area contributed by atoms with Crippen LogP contribution in [0.2, 0.25) is 0 Å². The van der Waals surface area contributed by atoms with Crippen molar-refractivity contribution in [1.82, 2.24) is 15.1 Å². The number of hydrogen-bond donors (Lipinski definition) is 1. The van der Waals surface area contributed by atoms with Gasteiger partial charge in [0, 0.05) is 22.9 Å². The van der Waals surface area contributed by atoms with Crippen LogP contribution >= 0.6 is 11.8 Å². The predicted molar refractivity (Wildman–Crippen MR) is 74.8 cm³/mol. The molecule has 4 heteroatoms. The fourth-order valence-electron chi connectivity index (χ4n) is 2.35. The molecule has 0 saturated carbocycles. The quantitative estimate of drug-likeness (QED) is 0.914. The highest BCUT2D eigenvalue weighted by atomic mass is 32.2. The van der Waals surface area contributed by atoms with Crippen molar-refractivity contribution < 1.29 is 0 Å². The number of aromatic nitrogens is 2. The van der Waals surface area contributed by atoms with Gasteiger partial charge in [-0.25, -0.2) is 0 Å². The summed E-state index contributed by atoms with van der Waals surface area (Å²) in [6.45, 7) is 1.83. The number of fused-ring (bicyclic) bond motifs is 1. The third kappa shape index (κ3) is 2.44. The molecule has 3 rings (SSSR count). The summed E-state index contributed by atoms with van der Waals surface area (Å²) in [6.07, 6.45) is 3.23. The van der Waals surface area contributed by atoms with Crippen molar-refractivity contribution >= 4 is 11.8 Å². The first-order valence-corrected chi connectivity index (χ1v) is 7.14. The van der Waals surface area contributed by atoms with Crippen LogP contribution in [-0.2, 0) is 19.5 Å². The molecule has 18 heavy (non-hydrogen) atoms. The maximum Gasteiger partial charge on any atom is 0.0762 e. The highest BCUT2D eigenvalue weighted by Crippen LogP contribution is 2.37. The zero-order chi connectivity index (χ0) is 12.4. The Kier molecular flexibility index (Phi) is 3.39. The van der Waals surface area contributed by atoms with Gasteiger partial charge in [-0.1, -0.05) is 18.2 Å². The number of benzene rings is 1. The number of nitrogens with one attached hydrogen (secondary N) is 1. The van der Waals surface area contributed by atoms with Gasteiger partial charge in [0.2, 0.25) is 0 Å². The highest BCUT2D eigenvalue weighted by Gasteiger charge is 2.22. The Hall–Kier alpha value is -1.26. The van der Waals surface area contributed by atoms with Crippen LogP contribution in [-0.4, -0.2) is 22.1 Å². The zero-order valence-corrected chi connectivity index (χ0v) is 11.3. The molecule has 1 aliphatic heterocycles. The molecule has 2 heterocycles. The number of hydrogen-bond acceptors (Lipinski definition) is 3. The van der Waals surface area contributed by atoms with E-state index in [0.29, 0.717) is 5.25 Å². The first-order chi connectivity index (χ1) is 8.85. The second kappa shape index (κ2) is 5.16. The summed E-state index contributed by atoms with van der Waals surface area (Å²) in [5.41, 5.74) is 2.59. The van der Waals surface area contributed by atoms with Gasteiger partial charge in [0.15, 0.2) is 0 Å². The van der Waals surface area contributed by atoms with Gasteiger partial charge in [-0.15, -0.1) is 11.8 Å². The number of thioether (sulfide) groups is 1. The van der Waals surface area contributed by atoms with E-state index < -0.39 is 0 Å². The Balaban J connectivity index is 1.65. The Morgan fingerprint density at radius 3 is 3.11 bits per heavy atom. The van der Waals surface area contributed by atoms with Crippen LogP contribution in [0.25, 0.3) is 0 Å². The minimum absolute atomic E-state index is 0.615. The topological polar surface area (TPSA) is 29.9 Å². The molecule has 1 aliphatic rings. The molecule has 1 aromatic heterocycles. The van der Waals surface area contributed by atoms with Crippen LogP contribution in [0.3, 0.4) is 0 Å². The van der Waals surface area contributed by atoms with Gasteiger partial charge in [-0.3, -0.25) is 4.68 Å². The lowest BCUT2D eigenvalue weighted by atomic mass is 10.1. The summed E-state index contributed by atoms with van der Waals surface area (Å²) in [6, 6.07) is 10.8. The van der Waals surface area contributed by atoms with E-state index in [1.807, 2.05) is 18.8 Å². The van der Waals surface area contributed by atoms with Crippen molar-refractivity contribution in [2.45, 2.75) is 29.7 Å². The third-order valence-electron chi connectivity index (χ3n) is 3.16. The van der Waals surface area contributed by atoms with E-state index in [0.717, 1.165) is 25.2 Å². The molecule has 1 atom stereocenters. The molecule has 0 amide bonds. The summed E-state index contributed by atoms with van der Waals surface area (Å²) >= 11 is 1.98. The van der Waals surface area contributed by atoms with Crippen LogP contribution in [0.15, 0.2) is 41.4 Å². The van der Waals surface area contributed by atoms with E-state index in [4.69, 9.17) is 0 Å². The standard InChI is InChI=1S/C14H17N3S/c1-15-9-12-6-7-17(16-12)10-13-8-11-4-2-3-5-14(11)18-13/h2-7,13,15H,8-10H2,1H3. The fourth-order valence-corrected chi connectivity index (χ4v) is 3.65. The minimum atomic E-state index is 0.615. The smallest absolute Gasteiger partial charge is 0.0762 e.